The molecule has 0 saturated heterocycles. The summed E-state index contributed by atoms with van der Waals surface area (Å²) in [5.41, 5.74) is 2.14. The molecule has 35 heavy (non-hydrogen) atoms. The van der Waals surface area contributed by atoms with Crippen molar-refractivity contribution in [2.24, 2.45) is 0 Å². The van der Waals surface area contributed by atoms with Gasteiger partial charge >= 0.3 is 6.01 Å². The van der Waals surface area contributed by atoms with Gasteiger partial charge in [-0.2, -0.15) is 10.2 Å². The molecule has 0 aliphatic carbocycles. The van der Waals surface area contributed by atoms with Gasteiger partial charge in [0.1, 0.15) is 37.0 Å². The number of alkyl halides is 1. The van der Waals surface area contributed by atoms with Crippen LogP contribution < -0.4 is 14.2 Å². The van der Waals surface area contributed by atoms with E-state index in [9.17, 15) is 13.7 Å². The summed E-state index contributed by atoms with van der Waals surface area (Å²) in [7, 11) is -3.47. The molecule has 0 bridgehead atoms. The van der Waals surface area contributed by atoms with E-state index in [4.69, 9.17) is 37.1 Å². The quantitative estimate of drug-likeness (QED) is 0.340. The zero-order valence-electron chi connectivity index (χ0n) is 19.6. The number of hydrogen-bond acceptors (Lipinski definition) is 7. The first-order valence-corrected chi connectivity index (χ1v) is 13.3. The molecule has 1 N–H and O–H groups in total. The van der Waals surface area contributed by atoms with E-state index in [-0.39, 0.29) is 24.6 Å². The third kappa shape index (κ3) is 7.04. The largest absolute Gasteiger partial charge is 0.489 e. The van der Waals surface area contributed by atoms with Crippen LogP contribution in [0.5, 0.6) is 11.5 Å². The van der Waals surface area contributed by atoms with Crippen LogP contribution in [-0.2, 0) is 22.0 Å². The van der Waals surface area contributed by atoms with Gasteiger partial charge in [-0.25, -0.2) is 13.1 Å². The molecule has 2 aromatic carbocycles. The average molecular weight is 538 g/mol. The molecule has 8 nitrogen and oxygen atoms in total. The Kier molecular flexibility index (Phi) is 8.21. The molecule has 1 unspecified atom stereocenters. The molecule has 0 spiro atoms. The molecule has 0 saturated carbocycles. The van der Waals surface area contributed by atoms with Gasteiger partial charge in [-0.05, 0) is 42.3 Å². The van der Waals surface area contributed by atoms with Crippen molar-refractivity contribution in [2.75, 3.05) is 17.6 Å². The predicted molar refractivity (Wildman–Crippen MR) is 135 cm³/mol. The normalized spacial score (nSPS) is 12.6. The highest BCUT2D eigenvalue weighted by molar-refractivity contribution is 7.91. The molecule has 1 heterocycles. The van der Waals surface area contributed by atoms with Crippen LogP contribution in [0, 0.1) is 11.3 Å². The van der Waals surface area contributed by atoms with Crippen molar-refractivity contribution in [1.29, 1.82) is 5.26 Å². The highest BCUT2D eigenvalue weighted by atomic mass is 35.5. The second-order valence-corrected chi connectivity index (χ2v) is 11.4. The summed E-state index contributed by atoms with van der Waals surface area (Å²) in [6, 6.07) is 13.1. The monoisotopic (exact) mass is 537 g/mol. The van der Waals surface area contributed by atoms with Gasteiger partial charge in [0.05, 0.1) is 22.2 Å². The van der Waals surface area contributed by atoms with Gasteiger partial charge in [0, 0.05) is 5.41 Å². The standard InChI is InChI=1S/C24H25Cl2N3O5S/c1-15(25)12-33-22-16(11-27)9-18(10-21(22)26)24(2,3)17-5-7-20(8-6-17)32-13-19-14-34-23(28-19)29-35(4,30)31/h5-10,14-15H,12-13H2,1-4H3,(H,28,29). The number of oxazole rings is 1. The third-order valence-electron chi connectivity index (χ3n) is 5.13. The van der Waals surface area contributed by atoms with E-state index in [1.165, 1.54) is 6.26 Å². The van der Waals surface area contributed by atoms with Crippen molar-refractivity contribution >= 4 is 39.2 Å². The average Bonchev–Trinajstić information content (AvgIpc) is 3.22. The summed E-state index contributed by atoms with van der Waals surface area (Å²) in [5.74, 6) is 0.924. The highest BCUT2D eigenvalue weighted by Gasteiger charge is 2.26. The zero-order chi connectivity index (χ0) is 25.8. The van der Waals surface area contributed by atoms with Gasteiger partial charge < -0.3 is 13.9 Å². The van der Waals surface area contributed by atoms with E-state index in [0.717, 1.165) is 17.4 Å². The van der Waals surface area contributed by atoms with Crippen LogP contribution in [0.2, 0.25) is 5.02 Å². The van der Waals surface area contributed by atoms with E-state index < -0.39 is 15.4 Å². The zero-order valence-corrected chi connectivity index (χ0v) is 22.0. The summed E-state index contributed by atoms with van der Waals surface area (Å²) in [6.07, 6.45) is 2.33. The molecular formula is C24H25Cl2N3O5S. The summed E-state index contributed by atoms with van der Waals surface area (Å²) < 4.78 is 41.1. The highest BCUT2D eigenvalue weighted by Crippen LogP contribution is 2.38. The lowest BCUT2D eigenvalue weighted by Crippen LogP contribution is -2.19. The number of anilines is 1. The maximum absolute atomic E-state index is 11.3. The molecule has 3 rings (SSSR count). The fourth-order valence-corrected chi connectivity index (χ4v) is 4.00. The van der Waals surface area contributed by atoms with Gasteiger partial charge in [-0.1, -0.05) is 37.6 Å². The van der Waals surface area contributed by atoms with Gasteiger partial charge in [0.2, 0.25) is 10.0 Å². The van der Waals surface area contributed by atoms with E-state index >= 15 is 0 Å². The number of rotatable bonds is 10. The predicted octanol–water partition coefficient (Wildman–Crippen LogP) is 5.48. The molecule has 186 valence electrons. The molecule has 0 amide bonds. The Bertz CT molecular complexity index is 1330. The Morgan fingerprint density at radius 2 is 1.89 bits per heavy atom. The number of aromatic nitrogens is 1. The van der Waals surface area contributed by atoms with E-state index in [1.807, 2.05) is 38.1 Å². The second kappa shape index (κ2) is 10.8. The van der Waals surface area contributed by atoms with Crippen molar-refractivity contribution in [3.8, 4) is 17.6 Å². The molecule has 11 heteroatoms. The van der Waals surface area contributed by atoms with E-state index in [1.54, 1.807) is 19.1 Å². The SMILES string of the molecule is CC(Cl)COc1c(Cl)cc(C(C)(C)c2ccc(OCc3coc(NS(C)(=O)=O)n3)cc2)cc1C#N. The topological polar surface area (TPSA) is 114 Å². The van der Waals surface area contributed by atoms with Crippen molar-refractivity contribution in [3.63, 3.8) is 0 Å². The van der Waals surface area contributed by atoms with Gasteiger partial charge in [0.25, 0.3) is 0 Å². The number of halogens is 2. The van der Waals surface area contributed by atoms with Gasteiger partial charge in [0.15, 0.2) is 5.75 Å². The Labute approximate surface area is 214 Å². The van der Waals surface area contributed by atoms with Crippen LogP contribution in [0.1, 0.15) is 43.2 Å². The van der Waals surface area contributed by atoms with Crippen LogP contribution in [0.3, 0.4) is 0 Å². The summed E-state index contributed by atoms with van der Waals surface area (Å²) in [6.45, 7) is 6.20. The number of nitrogens with one attached hydrogen (secondary N) is 1. The van der Waals surface area contributed by atoms with Crippen LogP contribution >= 0.6 is 23.2 Å². The molecule has 0 radical (unpaired) electrons. The Balaban J connectivity index is 1.73. The Hall–Kier alpha value is -2.93. The minimum Gasteiger partial charge on any atom is -0.489 e. The Morgan fingerprint density at radius 1 is 1.20 bits per heavy atom. The lowest BCUT2D eigenvalue weighted by Gasteiger charge is -2.27. The Morgan fingerprint density at radius 3 is 2.49 bits per heavy atom. The van der Waals surface area contributed by atoms with Crippen molar-refractivity contribution in [2.45, 2.75) is 38.2 Å². The molecule has 0 aliphatic heterocycles. The number of hydrogen-bond donors (Lipinski definition) is 1. The number of nitrogens with zero attached hydrogens (tertiary/aromatic N) is 2. The van der Waals surface area contributed by atoms with Crippen LogP contribution in [-0.4, -0.2) is 31.6 Å². The van der Waals surface area contributed by atoms with E-state index in [0.29, 0.717) is 27.8 Å². The number of sulfonamides is 1. The first-order chi connectivity index (χ1) is 16.4. The third-order valence-corrected chi connectivity index (χ3v) is 6.08. The van der Waals surface area contributed by atoms with Crippen LogP contribution in [0.15, 0.2) is 47.1 Å². The maximum Gasteiger partial charge on any atom is 0.308 e. The summed E-state index contributed by atoms with van der Waals surface area (Å²) in [5, 5.41) is 9.76. The first kappa shape index (κ1) is 26.7. The molecule has 0 fully saturated rings. The van der Waals surface area contributed by atoms with Crippen LogP contribution in [0.4, 0.5) is 6.01 Å². The van der Waals surface area contributed by atoms with Crippen molar-refractivity contribution < 1.29 is 22.3 Å². The number of benzene rings is 2. The molecule has 3 aromatic rings. The first-order valence-electron chi connectivity index (χ1n) is 10.6. The van der Waals surface area contributed by atoms with Crippen molar-refractivity contribution in [3.05, 3.63) is 70.1 Å². The fourth-order valence-electron chi connectivity index (χ4n) is 3.25. The van der Waals surface area contributed by atoms with Gasteiger partial charge in [-0.3, -0.25) is 0 Å². The lowest BCUT2D eigenvalue weighted by molar-refractivity contribution is 0.301. The molecule has 1 aromatic heterocycles. The lowest BCUT2D eigenvalue weighted by atomic mass is 9.77. The minimum atomic E-state index is -3.47. The van der Waals surface area contributed by atoms with Crippen LogP contribution in [0.25, 0.3) is 0 Å². The number of ether oxygens (including phenoxy) is 2. The maximum atomic E-state index is 11.3. The van der Waals surface area contributed by atoms with Crippen molar-refractivity contribution in [1.82, 2.24) is 4.98 Å². The smallest absolute Gasteiger partial charge is 0.308 e. The molecule has 1 atom stereocenters. The number of nitriles is 1. The molecule has 0 aliphatic rings. The summed E-state index contributed by atoms with van der Waals surface area (Å²) >= 11 is 12.4. The fraction of sp³-hybridized carbons (Fsp3) is 0.333. The minimum absolute atomic E-state index is 0.0984. The van der Waals surface area contributed by atoms with E-state index in [2.05, 4.69) is 15.8 Å². The molecular weight excluding hydrogens is 513 g/mol. The van der Waals surface area contributed by atoms with Gasteiger partial charge in [-0.15, -0.1) is 11.6 Å². The second-order valence-electron chi connectivity index (χ2n) is 8.49. The summed E-state index contributed by atoms with van der Waals surface area (Å²) in [4.78, 5) is 4.02.